The molecule has 4 nitrogen and oxygen atoms in total. The van der Waals surface area contributed by atoms with Crippen LogP contribution in [0.15, 0.2) is 35.8 Å². The van der Waals surface area contributed by atoms with E-state index in [1.54, 1.807) is 0 Å². The van der Waals surface area contributed by atoms with Crippen LogP contribution in [0.1, 0.15) is 69.1 Å². The van der Waals surface area contributed by atoms with E-state index in [0.717, 1.165) is 24.3 Å². The largest absolute Gasteiger partial charge is 0.316 e. The average Bonchev–Trinajstić information content (AvgIpc) is 3.48. The Kier molecular flexibility index (Phi) is 4.99. The number of nitrogens with one attached hydrogen (secondary N) is 1. The maximum absolute atomic E-state index is 5.14. The highest BCUT2D eigenvalue weighted by molar-refractivity contribution is 7.10. The number of hydrogen-bond acceptors (Lipinski definition) is 4. The summed E-state index contributed by atoms with van der Waals surface area (Å²) in [6.07, 6.45) is 6.82. The summed E-state index contributed by atoms with van der Waals surface area (Å²) in [5, 5.41) is 5.78. The van der Waals surface area contributed by atoms with Gasteiger partial charge in [0.2, 0.25) is 0 Å². The molecule has 4 atom stereocenters. The van der Waals surface area contributed by atoms with Crippen LogP contribution in [0.5, 0.6) is 0 Å². The molecule has 4 unspecified atom stereocenters. The van der Waals surface area contributed by atoms with Gasteiger partial charge in [-0.1, -0.05) is 26.8 Å². The van der Waals surface area contributed by atoms with Gasteiger partial charge in [0, 0.05) is 35.0 Å². The normalized spacial score (nSPS) is 30.4. The van der Waals surface area contributed by atoms with Gasteiger partial charge in [-0.05, 0) is 67.6 Å². The van der Waals surface area contributed by atoms with Crippen LogP contribution >= 0.6 is 11.3 Å². The standard InChI is InChI=1S/C24H32N4S/c1-16(2)18-8-10-24(3,21-7-5-13-29-21)14-20(18)28-22(17-9-12-25-15-17)27-19-6-4-11-26-23(19)28/h4-7,11,13,16-18,20,25H,8-10,12,14-15H2,1-3H3. The molecule has 2 aliphatic rings. The van der Waals surface area contributed by atoms with Crippen molar-refractivity contribution in [2.75, 3.05) is 13.1 Å². The molecule has 3 aromatic rings. The minimum Gasteiger partial charge on any atom is -0.316 e. The van der Waals surface area contributed by atoms with Gasteiger partial charge in [-0.2, -0.15) is 0 Å². The average molecular weight is 409 g/mol. The third-order valence-corrected chi connectivity index (χ3v) is 8.56. The topological polar surface area (TPSA) is 42.7 Å². The van der Waals surface area contributed by atoms with Gasteiger partial charge in [0.05, 0.1) is 0 Å². The van der Waals surface area contributed by atoms with Crippen molar-refractivity contribution in [3.8, 4) is 0 Å². The van der Waals surface area contributed by atoms with Crippen molar-refractivity contribution in [2.45, 2.75) is 63.8 Å². The predicted octanol–water partition coefficient (Wildman–Crippen LogP) is 5.52. The van der Waals surface area contributed by atoms with E-state index < -0.39 is 0 Å². The molecular formula is C24H32N4S. The van der Waals surface area contributed by atoms with Crippen molar-refractivity contribution in [3.05, 3.63) is 46.5 Å². The van der Waals surface area contributed by atoms with Crippen LogP contribution in [0, 0.1) is 11.8 Å². The Labute approximate surface area is 177 Å². The zero-order valence-corrected chi connectivity index (χ0v) is 18.6. The van der Waals surface area contributed by atoms with Gasteiger partial charge in [0.15, 0.2) is 5.65 Å². The molecule has 29 heavy (non-hydrogen) atoms. The summed E-state index contributed by atoms with van der Waals surface area (Å²) in [5.41, 5.74) is 2.38. The second-order valence-corrected chi connectivity index (χ2v) is 10.6. The minimum atomic E-state index is 0.237. The van der Waals surface area contributed by atoms with Crippen molar-refractivity contribution < 1.29 is 0 Å². The monoisotopic (exact) mass is 408 g/mol. The maximum Gasteiger partial charge on any atom is 0.160 e. The number of fused-ring (bicyclic) bond motifs is 1. The first-order valence-electron chi connectivity index (χ1n) is 11.1. The van der Waals surface area contributed by atoms with Crippen LogP contribution in [0.2, 0.25) is 0 Å². The number of thiophene rings is 1. The van der Waals surface area contributed by atoms with E-state index in [0.29, 0.717) is 23.8 Å². The Morgan fingerprint density at radius 2 is 2.14 bits per heavy atom. The van der Waals surface area contributed by atoms with Crippen LogP contribution in [-0.2, 0) is 5.41 Å². The fourth-order valence-corrected chi connectivity index (χ4v) is 6.67. The lowest BCUT2D eigenvalue weighted by Crippen LogP contribution is -2.38. The molecule has 1 saturated carbocycles. The lowest BCUT2D eigenvalue weighted by molar-refractivity contribution is 0.128. The van der Waals surface area contributed by atoms with Crippen LogP contribution in [-0.4, -0.2) is 27.6 Å². The number of nitrogens with zero attached hydrogens (tertiary/aromatic N) is 3. The molecule has 3 aromatic heterocycles. The fourth-order valence-electron chi connectivity index (χ4n) is 5.74. The van der Waals surface area contributed by atoms with Crippen molar-refractivity contribution in [1.29, 1.82) is 0 Å². The Balaban J connectivity index is 1.64. The van der Waals surface area contributed by atoms with Crippen molar-refractivity contribution >= 4 is 22.5 Å². The molecule has 0 amide bonds. The van der Waals surface area contributed by atoms with Crippen LogP contribution in [0.25, 0.3) is 11.2 Å². The summed E-state index contributed by atoms with van der Waals surface area (Å²) in [5.74, 6) is 3.07. The molecule has 5 heteroatoms. The summed E-state index contributed by atoms with van der Waals surface area (Å²) < 4.78 is 2.57. The lowest BCUT2D eigenvalue weighted by Gasteiger charge is -2.45. The Morgan fingerprint density at radius 1 is 1.24 bits per heavy atom. The highest BCUT2D eigenvalue weighted by Gasteiger charge is 2.43. The third-order valence-electron chi connectivity index (χ3n) is 7.39. The summed E-state index contributed by atoms with van der Waals surface area (Å²) >= 11 is 1.92. The van der Waals surface area contributed by atoms with E-state index in [4.69, 9.17) is 9.97 Å². The molecule has 5 rings (SSSR count). The first-order valence-corrected chi connectivity index (χ1v) is 12.0. The minimum absolute atomic E-state index is 0.237. The van der Waals surface area contributed by atoms with Gasteiger partial charge >= 0.3 is 0 Å². The summed E-state index contributed by atoms with van der Waals surface area (Å²) in [6, 6.07) is 9.15. The Hall–Kier alpha value is -1.72. The first kappa shape index (κ1) is 19.3. The zero-order chi connectivity index (χ0) is 20.0. The number of aromatic nitrogens is 3. The van der Waals surface area contributed by atoms with E-state index in [2.05, 4.69) is 54.2 Å². The van der Waals surface area contributed by atoms with Crippen molar-refractivity contribution in [1.82, 2.24) is 19.9 Å². The fraction of sp³-hybridized carbons (Fsp3) is 0.583. The van der Waals surface area contributed by atoms with Gasteiger partial charge < -0.3 is 9.88 Å². The van der Waals surface area contributed by atoms with Crippen molar-refractivity contribution in [3.63, 3.8) is 0 Å². The summed E-state index contributed by atoms with van der Waals surface area (Å²) in [6.45, 7) is 9.40. The quantitative estimate of drug-likeness (QED) is 0.618. The highest BCUT2D eigenvalue weighted by atomic mass is 32.1. The van der Waals surface area contributed by atoms with Crippen molar-refractivity contribution in [2.24, 2.45) is 11.8 Å². The van der Waals surface area contributed by atoms with E-state index in [9.17, 15) is 0 Å². The molecule has 0 spiro atoms. The Bertz CT molecular complexity index is 970. The molecule has 0 aromatic carbocycles. The van der Waals surface area contributed by atoms with Gasteiger partial charge in [-0.3, -0.25) is 0 Å². The second kappa shape index (κ2) is 7.51. The number of imidazole rings is 1. The third kappa shape index (κ3) is 3.32. The molecular weight excluding hydrogens is 376 g/mol. The molecule has 154 valence electrons. The molecule has 0 radical (unpaired) electrons. The van der Waals surface area contributed by atoms with Gasteiger partial charge in [-0.25, -0.2) is 9.97 Å². The molecule has 4 heterocycles. The van der Waals surface area contributed by atoms with Crippen LogP contribution in [0.4, 0.5) is 0 Å². The SMILES string of the molecule is CC(C)C1CCC(C)(c2cccs2)CC1n1c(C2CCNC2)nc2cccnc21. The Morgan fingerprint density at radius 3 is 2.86 bits per heavy atom. The summed E-state index contributed by atoms with van der Waals surface area (Å²) in [7, 11) is 0. The molecule has 2 fully saturated rings. The van der Waals surface area contributed by atoms with E-state index in [-0.39, 0.29) is 5.41 Å². The maximum atomic E-state index is 5.14. The number of hydrogen-bond donors (Lipinski definition) is 1. The molecule has 1 aliphatic heterocycles. The molecule has 1 saturated heterocycles. The van der Waals surface area contributed by atoms with Crippen LogP contribution < -0.4 is 5.32 Å². The number of rotatable bonds is 4. The van der Waals surface area contributed by atoms with E-state index in [1.807, 2.05) is 23.6 Å². The van der Waals surface area contributed by atoms with E-state index >= 15 is 0 Å². The zero-order valence-electron chi connectivity index (χ0n) is 17.8. The first-order chi connectivity index (χ1) is 14.1. The molecule has 0 bridgehead atoms. The van der Waals surface area contributed by atoms with Gasteiger partial charge in [0.1, 0.15) is 11.3 Å². The highest BCUT2D eigenvalue weighted by Crippen LogP contribution is 2.51. The van der Waals surface area contributed by atoms with E-state index in [1.165, 1.54) is 36.4 Å². The second-order valence-electron chi connectivity index (χ2n) is 9.63. The number of pyridine rings is 1. The molecule has 1 N–H and O–H groups in total. The van der Waals surface area contributed by atoms with Gasteiger partial charge in [0.25, 0.3) is 0 Å². The molecule has 1 aliphatic carbocycles. The van der Waals surface area contributed by atoms with Gasteiger partial charge in [-0.15, -0.1) is 11.3 Å². The lowest BCUT2D eigenvalue weighted by atomic mass is 9.65. The predicted molar refractivity (Wildman–Crippen MR) is 121 cm³/mol. The van der Waals surface area contributed by atoms with Crippen LogP contribution in [0.3, 0.4) is 0 Å². The summed E-state index contributed by atoms with van der Waals surface area (Å²) in [4.78, 5) is 11.5. The smallest absolute Gasteiger partial charge is 0.160 e.